The van der Waals surface area contributed by atoms with E-state index in [-0.39, 0.29) is 16.2 Å². The predicted octanol–water partition coefficient (Wildman–Crippen LogP) is 2.02. The maximum absolute atomic E-state index is 11.8. The normalized spacial score (nSPS) is 12.0. The van der Waals surface area contributed by atoms with Crippen LogP contribution in [0.2, 0.25) is 0 Å². The maximum atomic E-state index is 11.8. The number of carbonyl (C=O) groups excluding carboxylic acids is 1. The van der Waals surface area contributed by atoms with Gasteiger partial charge in [-0.15, -0.1) is 0 Å². The van der Waals surface area contributed by atoms with Gasteiger partial charge in [-0.25, -0.2) is 8.42 Å². The first-order valence-corrected chi connectivity index (χ1v) is 8.77. The minimum absolute atomic E-state index is 0.000948. The average Bonchev–Trinajstić information content (AvgIpc) is 2.42. The second kappa shape index (κ2) is 6.93. The molecule has 0 saturated carbocycles. The molecule has 118 valence electrons. The first-order chi connectivity index (χ1) is 9.66. The lowest BCUT2D eigenvalue weighted by atomic mass is 9.89. The Hall–Kier alpha value is -1.56. The van der Waals surface area contributed by atoms with Crippen molar-refractivity contribution < 1.29 is 17.9 Å². The molecule has 1 N–H and O–H groups in total. The number of hydrogen-bond acceptors (Lipinski definition) is 4. The molecule has 1 aromatic rings. The number of ether oxygens (including phenoxy) is 1. The van der Waals surface area contributed by atoms with Crippen molar-refractivity contribution >= 4 is 15.7 Å². The van der Waals surface area contributed by atoms with Gasteiger partial charge in [-0.1, -0.05) is 20.8 Å². The number of rotatable bonds is 7. The molecule has 0 saturated heterocycles. The summed E-state index contributed by atoms with van der Waals surface area (Å²) in [6.45, 7) is 6.51. The Bertz CT molecular complexity index is 576. The molecule has 0 heterocycles. The Kier molecular flexibility index (Phi) is 5.78. The van der Waals surface area contributed by atoms with Gasteiger partial charge in [0.05, 0.1) is 11.4 Å². The molecule has 21 heavy (non-hydrogen) atoms. The number of nitrogens with one attached hydrogen (secondary N) is 1. The van der Waals surface area contributed by atoms with Gasteiger partial charge < -0.3 is 10.1 Å². The Morgan fingerprint density at radius 3 is 2.29 bits per heavy atom. The van der Waals surface area contributed by atoms with Gasteiger partial charge in [0.1, 0.15) is 12.4 Å². The highest BCUT2D eigenvalue weighted by Crippen LogP contribution is 2.19. The lowest BCUT2D eigenvalue weighted by molar-refractivity contribution is -0.129. The van der Waals surface area contributed by atoms with Crippen LogP contribution in [0.15, 0.2) is 29.2 Å². The molecule has 5 nitrogen and oxygen atoms in total. The fourth-order valence-corrected chi connectivity index (χ4v) is 2.15. The summed E-state index contributed by atoms with van der Waals surface area (Å²) in [4.78, 5) is 12.1. The molecule has 0 fully saturated rings. The van der Waals surface area contributed by atoms with Crippen molar-refractivity contribution in [3.05, 3.63) is 24.3 Å². The summed E-state index contributed by atoms with van der Waals surface area (Å²) in [6.07, 6.45) is 1.93. The fourth-order valence-electron chi connectivity index (χ4n) is 1.52. The Balaban J connectivity index is 2.42. The molecule has 0 radical (unpaired) electrons. The standard InChI is InChI=1S/C15H23NO4S/c1-5-15(2,3)14(17)16-10-11-20-12-6-8-13(9-7-12)21(4,18)19/h6-9H,5,10-11H2,1-4H3,(H,16,17). The van der Waals surface area contributed by atoms with E-state index in [1.165, 1.54) is 12.1 Å². The Labute approximate surface area is 126 Å². The number of hydrogen-bond donors (Lipinski definition) is 1. The van der Waals surface area contributed by atoms with E-state index in [9.17, 15) is 13.2 Å². The number of amides is 1. The predicted molar refractivity (Wildman–Crippen MR) is 82.1 cm³/mol. The third kappa shape index (κ3) is 5.38. The zero-order valence-corrected chi connectivity index (χ0v) is 13.8. The van der Waals surface area contributed by atoms with E-state index in [4.69, 9.17) is 4.74 Å². The quantitative estimate of drug-likeness (QED) is 0.782. The largest absolute Gasteiger partial charge is 0.492 e. The number of carbonyl (C=O) groups is 1. The third-order valence-electron chi connectivity index (χ3n) is 3.41. The van der Waals surface area contributed by atoms with Crippen LogP contribution in [0.4, 0.5) is 0 Å². The van der Waals surface area contributed by atoms with Crippen LogP contribution in [0.1, 0.15) is 27.2 Å². The van der Waals surface area contributed by atoms with Crippen LogP contribution in [0.3, 0.4) is 0 Å². The molecule has 0 bridgehead atoms. The molecule has 0 aliphatic carbocycles. The van der Waals surface area contributed by atoms with Gasteiger partial charge in [-0.3, -0.25) is 4.79 Å². The van der Waals surface area contributed by atoms with Crippen molar-refractivity contribution in [1.82, 2.24) is 5.32 Å². The maximum Gasteiger partial charge on any atom is 0.225 e. The van der Waals surface area contributed by atoms with Gasteiger partial charge in [-0.05, 0) is 30.7 Å². The van der Waals surface area contributed by atoms with Crippen molar-refractivity contribution in [1.29, 1.82) is 0 Å². The molecule has 0 atom stereocenters. The molecular formula is C15H23NO4S. The van der Waals surface area contributed by atoms with Crippen LogP contribution in [-0.4, -0.2) is 33.7 Å². The van der Waals surface area contributed by atoms with Crippen LogP contribution < -0.4 is 10.1 Å². The summed E-state index contributed by atoms with van der Waals surface area (Å²) < 4.78 is 28.1. The molecule has 0 aliphatic rings. The summed E-state index contributed by atoms with van der Waals surface area (Å²) in [6, 6.07) is 6.22. The van der Waals surface area contributed by atoms with E-state index in [0.29, 0.717) is 18.9 Å². The summed E-state index contributed by atoms with van der Waals surface area (Å²) in [5.74, 6) is 0.576. The molecule has 0 aliphatic heterocycles. The van der Waals surface area contributed by atoms with Crippen molar-refractivity contribution in [3.63, 3.8) is 0 Å². The molecule has 1 aromatic carbocycles. The molecule has 6 heteroatoms. The van der Waals surface area contributed by atoms with E-state index < -0.39 is 9.84 Å². The molecule has 1 amide bonds. The molecule has 0 aromatic heterocycles. The van der Waals surface area contributed by atoms with Gasteiger partial charge in [0.25, 0.3) is 0 Å². The summed E-state index contributed by atoms with van der Waals surface area (Å²) in [5, 5.41) is 2.82. The molecule has 0 unspecified atom stereocenters. The monoisotopic (exact) mass is 313 g/mol. The van der Waals surface area contributed by atoms with Crippen LogP contribution in [0.25, 0.3) is 0 Å². The smallest absolute Gasteiger partial charge is 0.225 e. The Morgan fingerprint density at radius 2 is 1.81 bits per heavy atom. The van der Waals surface area contributed by atoms with Crippen molar-refractivity contribution in [2.75, 3.05) is 19.4 Å². The van der Waals surface area contributed by atoms with Crippen LogP contribution in [0, 0.1) is 5.41 Å². The van der Waals surface area contributed by atoms with E-state index in [2.05, 4.69) is 5.32 Å². The second-order valence-electron chi connectivity index (χ2n) is 5.59. The fraction of sp³-hybridized carbons (Fsp3) is 0.533. The summed E-state index contributed by atoms with van der Waals surface area (Å²) >= 11 is 0. The Morgan fingerprint density at radius 1 is 1.24 bits per heavy atom. The SMILES string of the molecule is CCC(C)(C)C(=O)NCCOc1ccc(S(C)(=O)=O)cc1. The average molecular weight is 313 g/mol. The van der Waals surface area contributed by atoms with Crippen LogP contribution in [0.5, 0.6) is 5.75 Å². The first-order valence-electron chi connectivity index (χ1n) is 6.88. The minimum atomic E-state index is -3.19. The first kappa shape index (κ1) is 17.5. The van der Waals surface area contributed by atoms with Gasteiger partial charge >= 0.3 is 0 Å². The molecule has 1 rings (SSSR count). The van der Waals surface area contributed by atoms with E-state index in [1.54, 1.807) is 12.1 Å². The van der Waals surface area contributed by atoms with Gasteiger partial charge in [0.2, 0.25) is 5.91 Å². The highest BCUT2D eigenvalue weighted by Gasteiger charge is 2.24. The van der Waals surface area contributed by atoms with Gasteiger partial charge in [-0.2, -0.15) is 0 Å². The number of sulfone groups is 1. The lowest BCUT2D eigenvalue weighted by Gasteiger charge is -2.21. The highest BCUT2D eigenvalue weighted by molar-refractivity contribution is 7.90. The lowest BCUT2D eigenvalue weighted by Crippen LogP contribution is -2.38. The van der Waals surface area contributed by atoms with E-state index in [1.807, 2.05) is 20.8 Å². The minimum Gasteiger partial charge on any atom is -0.492 e. The third-order valence-corrected chi connectivity index (χ3v) is 4.54. The second-order valence-corrected chi connectivity index (χ2v) is 7.60. The topological polar surface area (TPSA) is 72.5 Å². The summed E-state index contributed by atoms with van der Waals surface area (Å²) in [5.41, 5.74) is -0.378. The van der Waals surface area contributed by atoms with Crippen LogP contribution >= 0.6 is 0 Å². The van der Waals surface area contributed by atoms with Crippen molar-refractivity contribution in [3.8, 4) is 5.75 Å². The van der Waals surface area contributed by atoms with Gasteiger partial charge in [0, 0.05) is 11.7 Å². The van der Waals surface area contributed by atoms with Crippen molar-refractivity contribution in [2.24, 2.45) is 5.41 Å². The van der Waals surface area contributed by atoms with Gasteiger partial charge in [0.15, 0.2) is 9.84 Å². The summed E-state index contributed by atoms with van der Waals surface area (Å²) in [7, 11) is -3.19. The van der Waals surface area contributed by atoms with Crippen molar-refractivity contribution in [2.45, 2.75) is 32.1 Å². The van der Waals surface area contributed by atoms with E-state index >= 15 is 0 Å². The van der Waals surface area contributed by atoms with Crippen LogP contribution in [-0.2, 0) is 14.6 Å². The highest BCUT2D eigenvalue weighted by atomic mass is 32.2. The number of benzene rings is 1. The zero-order valence-electron chi connectivity index (χ0n) is 13.0. The molecular weight excluding hydrogens is 290 g/mol. The molecule has 0 spiro atoms. The van der Waals surface area contributed by atoms with E-state index in [0.717, 1.165) is 12.7 Å². The zero-order chi connectivity index (χ0) is 16.1.